The Hall–Kier alpha value is -3.23. The molecule has 0 spiro atoms. The van der Waals surface area contributed by atoms with Gasteiger partial charge in [0.2, 0.25) is 5.75 Å². The molecule has 1 aromatic heterocycles. The van der Waals surface area contributed by atoms with Gasteiger partial charge in [0.1, 0.15) is 17.3 Å². The Balaban J connectivity index is 1.77. The fourth-order valence-electron chi connectivity index (χ4n) is 2.97. The van der Waals surface area contributed by atoms with Gasteiger partial charge in [0, 0.05) is 17.2 Å². The zero-order valence-corrected chi connectivity index (χ0v) is 19.3. The number of nitrogens with zero attached hydrogens (tertiary/aromatic N) is 1. The topological polar surface area (TPSA) is 104 Å². The molecule has 174 valence electrons. The Morgan fingerprint density at radius 3 is 2.70 bits per heavy atom. The fraction of sp³-hybridized carbons (Fsp3) is 0.261. The summed E-state index contributed by atoms with van der Waals surface area (Å²) in [6.07, 6.45) is 2.86. The third kappa shape index (κ3) is 6.87. The second kappa shape index (κ2) is 11.6. The van der Waals surface area contributed by atoms with Crippen LogP contribution in [0.1, 0.15) is 31.9 Å². The van der Waals surface area contributed by atoms with Gasteiger partial charge in [-0.05, 0) is 49.2 Å². The summed E-state index contributed by atoms with van der Waals surface area (Å²) in [6, 6.07) is 12.2. The van der Waals surface area contributed by atoms with Gasteiger partial charge in [0.15, 0.2) is 6.10 Å². The molecule has 1 amide bonds. The molecule has 0 saturated heterocycles. The summed E-state index contributed by atoms with van der Waals surface area (Å²) >= 11 is 12.1. The zero-order valence-electron chi connectivity index (χ0n) is 17.8. The van der Waals surface area contributed by atoms with E-state index in [1.165, 1.54) is 36.6 Å². The van der Waals surface area contributed by atoms with E-state index in [0.717, 1.165) is 12.8 Å². The molecule has 1 unspecified atom stereocenters. The van der Waals surface area contributed by atoms with E-state index in [1.807, 2.05) is 6.92 Å². The van der Waals surface area contributed by atoms with Crippen molar-refractivity contribution in [3.05, 3.63) is 80.7 Å². The van der Waals surface area contributed by atoms with E-state index in [9.17, 15) is 14.9 Å². The average molecular weight is 493 g/mol. The van der Waals surface area contributed by atoms with Crippen molar-refractivity contribution in [2.24, 2.45) is 0 Å². The largest absolute Gasteiger partial charge is 0.479 e. The molecule has 2 aromatic carbocycles. The van der Waals surface area contributed by atoms with Crippen molar-refractivity contribution in [2.75, 3.05) is 0 Å². The van der Waals surface area contributed by atoms with Gasteiger partial charge in [-0.1, -0.05) is 36.5 Å². The average Bonchev–Trinajstić information content (AvgIpc) is 3.31. The van der Waals surface area contributed by atoms with E-state index in [-0.39, 0.29) is 45.4 Å². The van der Waals surface area contributed by atoms with Crippen molar-refractivity contribution in [1.29, 1.82) is 0 Å². The molecular weight excluding hydrogens is 471 g/mol. The minimum absolute atomic E-state index is 0.0106. The molecule has 0 saturated carbocycles. The number of hydrogen-bond donors (Lipinski definition) is 1. The minimum atomic E-state index is -0.794. The highest BCUT2D eigenvalue weighted by Gasteiger charge is 2.22. The molecule has 1 atom stereocenters. The molecule has 0 bridgehead atoms. The highest BCUT2D eigenvalue weighted by molar-refractivity contribution is 6.32. The second-order valence-electron chi connectivity index (χ2n) is 7.11. The van der Waals surface area contributed by atoms with Crippen molar-refractivity contribution in [3.8, 4) is 17.2 Å². The van der Waals surface area contributed by atoms with Crippen LogP contribution in [0.15, 0.2) is 59.2 Å². The van der Waals surface area contributed by atoms with E-state index < -0.39 is 11.0 Å². The number of nitro groups is 1. The Morgan fingerprint density at radius 2 is 2.00 bits per heavy atom. The second-order valence-corrected chi connectivity index (χ2v) is 7.95. The highest BCUT2D eigenvalue weighted by atomic mass is 35.5. The van der Waals surface area contributed by atoms with Crippen LogP contribution in [0.25, 0.3) is 0 Å². The molecule has 0 radical (unpaired) electrons. The smallest absolute Gasteiger partial charge is 0.313 e. The van der Waals surface area contributed by atoms with Crippen molar-refractivity contribution < 1.29 is 23.6 Å². The number of benzene rings is 2. The number of unbranched alkanes of at least 4 members (excludes halogenated alkanes) is 1. The normalized spacial score (nSPS) is 11.6. The molecule has 8 nitrogen and oxygen atoms in total. The number of carbonyl (C=O) groups is 1. The maximum absolute atomic E-state index is 12.7. The number of ether oxygens (including phenoxy) is 2. The van der Waals surface area contributed by atoms with Crippen LogP contribution in [0, 0.1) is 10.1 Å². The van der Waals surface area contributed by atoms with Crippen molar-refractivity contribution in [2.45, 2.75) is 38.8 Å². The van der Waals surface area contributed by atoms with E-state index in [4.69, 9.17) is 37.1 Å². The number of carbonyl (C=O) groups excluding carboxylic acids is 1. The SMILES string of the molecule is CCCCC(Oc1cc(Oc2ccc(Cl)cc2[N+](=O)[O-])ccc1Cl)C(=O)NCc1ccco1. The first-order valence-corrected chi connectivity index (χ1v) is 11.0. The molecule has 1 N–H and O–H groups in total. The summed E-state index contributed by atoms with van der Waals surface area (Å²) in [6.45, 7) is 2.24. The lowest BCUT2D eigenvalue weighted by Crippen LogP contribution is -2.38. The summed E-state index contributed by atoms with van der Waals surface area (Å²) in [5, 5.41) is 14.6. The van der Waals surface area contributed by atoms with Gasteiger partial charge < -0.3 is 19.2 Å². The van der Waals surface area contributed by atoms with Crippen LogP contribution in [0.2, 0.25) is 10.0 Å². The van der Waals surface area contributed by atoms with Gasteiger partial charge in [-0.3, -0.25) is 14.9 Å². The van der Waals surface area contributed by atoms with Crippen molar-refractivity contribution in [1.82, 2.24) is 5.32 Å². The van der Waals surface area contributed by atoms with Gasteiger partial charge in [-0.15, -0.1) is 0 Å². The van der Waals surface area contributed by atoms with E-state index in [2.05, 4.69) is 5.32 Å². The van der Waals surface area contributed by atoms with Crippen LogP contribution in [-0.2, 0) is 11.3 Å². The van der Waals surface area contributed by atoms with Crippen LogP contribution in [0.4, 0.5) is 5.69 Å². The van der Waals surface area contributed by atoms with E-state index in [1.54, 1.807) is 18.2 Å². The molecule has 0 aliphatic carbocycles. The maximum Gasteiger partial charge on any atom is 0.313 e. The summed E-state index contributed by atoms with van der Waals surface area (Å²) in [4.78, 5) is 23.5. The lowest BCUT2D eigenvalue weighted by molar-refractivity contribution is -0.385. The van der Waals surface area contributed by atoms with Crippen LogP contribution >= 0.6 is 23.2 Å². The molecule has 33 heavy (non-hydrogen) atoms. The number of nitro benzene ring substituents is 1. The lowest BCUT2D eigenvalue weighted by Gasteiger charge is -2.19. The molecule has 3 aromatic rings. The number of nitrogens with one attached hydrogen (secondary N) is 1. The maximum atomic E-state index is 12.7. The Bertz CT molecular complexity index is 1100. The Labute approximate surface area is 200 Å². The third-order valence-corrected chi connectivity index (χ3v) is 5.19. The molecule has 0 fully saturated rings. The van der Waals surface area contributed by atoms with Gasteiger partial charge in [-0.2, -0.15) is 0 Å². The summed E-state index contributed by atoms with van der Waals surface area (Å²) < 4.78 is 16.9. The zero-order chi connectivity index (χ0) is 23.8. The Morgan fingerprint density at radius 1 is 1.18 bits per heavy atom. The summed E-state index contributed by atoms with van der Waals surface area (Å²) in [5.41, 5.74) is -0.280. The van der Waals surface area contributed by atoms with Gasteiger partial charge in [-0.25, -0.2) is 0 Å². The fourth-order valence-corrected chi connectivity index (χ4v) is 3.30. The molecular formula is C23H22Cl2N2O6. The standard InChI is InChI=1S/C23H22Cl2N2O6/c1-2-3-6-21(23(28)26-14-17-5-4-11-31-17)33-22-13-16(8-9-18(22)25)32-20-10-7-15(24)12-19(20)27(29)30/h4-5,7-13,21H,2-3,6,14H2,1H3,(H,26,28). The van der Waals surface area contributed by atoms with E-state index >= 15 is 0 Å². The van der Waals surface area contributed by atoms with Crippen LogP contribution < -0.4 is 14.8 Å². The van der Waals surface area contributed by atoms with Gasteiger partial charge in [0.25, 0.3) is 5.91 Å². The first-order chi connectivity index (χ1) is 15.9. The minimum Gasteiger partial charge on any atom is -0.479 e. The molecule has 1 heterocycles. The summed E-state index contributed by atoms with van der Waals surface area (Å²) in [5.74, 6) is 0.799. The van der Waals surface area contributed by atoms with Crippen molar-refractivity contribution in [3.63, 3.8) is 0 Å². The Kier molecular flexibility index (Phi) is 8.57. The third-order valence-electron chi connectivity index (χ3n) is 4.65. The summed E-state index contributed by atoms with van der Waals surface area (Å²) in [7, 11) is 0. The number of halogens is 2. The number of hydrogen-bond acceptors (Lipinski definition) is 6. The highest BCUT2D eigenvalue weighted by Crippen LogP contribution is 2.37. The van der Waals surface area contributed by atoms with Gasteiger partial charge in [0.05, 0.1) is 22.8 Å². The quantitative estimate of drug-likeness (QED) is 0.240. The lowest BCUT2D eigenvalue weighted by atomic mass is 10.1. The van der Waals surface area contributed by atoms with Gasteiger partial charge >= 0.3 is 5.69 Å². The predicted octanol–water partition coefficient (Wildman–Crippen LogP) is 6.54. The monoisotopic (exact) mass is 492 g/mol. The van der Waals surface area contributed by atoms with Crippen LogP contribution in [-0.4, -0.2) is 16.9 Å². The molecule has 10 heteroatoms. The van der Waals surface area contributed by atoms with Crippen molar-refractivity contribution >= 4 is 34.8 Å². The number of amides is 1. The van der Waals surface area contributed by atoms with Crippen LogP contribution in [0.3, 0.4) is 0 Å². The first kappa shape index (κ1) is 24.4. The molecule has 0 aliphatic heterocycles. The predicted molar refractivity (Wildman–Crippen MR) is 124 cm³/mol. The molecule has 3 rings (SSSR count). The number of furan rings is 1. The van der Waals surface area contributed by atoms with E-state index in [0.29, 0.717) is 12.2 Å². The first-order valence-electron chi connectivity index (χ1n) is 10.3. The van der Waals surface area contributed by atoms with Crippen LogP contribution in [0.5, 0.6) is 17.2 Å². The number of rotatable bonds is 11. The molecule has 0 aliphatic rings.